The highest BCUT2D eigenvalue weighted by atomic mass is 31.2. The maximum absolute atomic E-state index is 12.8. The first kappa shape index (κ1) is 61.7. The fourth-order valence-corrected chi connectivity index (χ4v) is 8.59. The standard InChI is InChI=1S/C54H105N2O6P/c1-6-8-10-12-13-14-15-16-17-18-19-20-21-22-23-24-25-26-27-28-29-30-31-32-33-34-35-36-37-38-39-40-41-42-43-44-46-48-54(58)55-52(53(57)47-45-11-9-7-2)51-62-63(59,60)61-50-49-56(3,4)5/h15-16,18-19,21-22,52-53,57H,6-14,17,20,23-51H2,1-5H3,(H-,55,58,59,60)/b16-15-,19-18-,22-21-. The van der Waals surface area contributed by atoms with Gasteiger partial charge in [-0.2, -0.15) is 0 Å². The van der Waals surface area contributed by atoms with Crippen molar-refractivity contribution in [3.63, 3.8) is 0 Å². The number of hydrogen-bond donors (Lipinski definition) is 2. The second kappa shape index (κ2) is 45.9. The van der Waals surface area contributed by atoms with Crippen molar-refractivity contribution in [2.45, 2.75) is 264 Å². The smallest absolute Gasteiger partial charge is 0.268 e. The lowest BCUT2D eigenvalue weighted by molar-refractivity contribution is -0.870. The Hall–Kier alpha value is -1.28. The Kier molecular flexibility index (Phi) is 44.9. The molecule has 0 fully saturated rings. The number of quaternary nitrogens is 1. The third kappa shape index (κ3) is 48.5. The molecule has 0 bridgehead atoms. The van der Waals surface area contributed by atoms with Gasteiger partial charge in [0.25, 0.3) is 7.82 Å². The van der Waals surface area contributed by atoms with Gasteiger partial charge in [-0.05, 0) is 51.4 Å². The summed E-state index contributed by atoms with van der Waals surface area (Å²) in [7, 11) is 1.30. The summed E-state index contributed by atoms with van der Waals surface area (Å²) in [5, 5.41) is 13.7. The number of likely N-dealkylation sites (N-methyl/N-ethyl adjacent to an activating group) is 1. The number of rotatable bonds is 49. The molecular weight excluding hydrogens is 804 g/mol. The summed E-state index contributed by atoms with van der Waals surface area (Å²) >= 11 is 0. The van der Waals surface area contributed by atoms with Crippen molar-refractivity contribution >= 4 is 13.7 Å². The average Bonchev–Trinajstić information content (AvgIpc) is 3.24. The molecule has 2 N–H and O–H groups in total. The predicted octanol–water partition coefficient (Wildman–Crippen LogP) is 15.2. The van der Waals surface area contributed by atoms with E-state index in [2.05, 4.69) is 55.6 Å². The van der Waals surface area contributed by atoms with E-state index in [1.165, 1.54) is 167 Å². The number of amides is 1. The fraction of sp³-hybridized carbons (Fsp3) is 0.870. The maximum atomic E-state index is 12.8. The lowest BCUT2D eigenvalue weighted by Gasteiger charge is -2.30. The third-order valence-corrected chi connectivity index (χ3v) is 13.1. The topological polar surface area (TPSA) is 108 Å². The van der Waals surface area contributed by atoms with Crippen LogP contribution in [-0.2, 0) is 18.4 Å². The number of aliphatic hydroxyl groups is 1. The molecule has 0 aromatic rings. The van der Waals surface area contributed by atoms with Gasteiger partial charge in [0, 0.05) is 6.42 Å². The van der Waals surface area contributed by atoms with Crippen LogP contribution < -0.4 is 10.2 Å². The van der Waals surface area contributed by atoms with E-state index >= 15 is 0 Å². The molecule has 63 heavy (non-hydrogen) atoms. The van der Waals surface area contributed by atoms with Crippen molar-refractivity contribution in [1.29, 1.82) is 0 Å². The minimum Gasteiger partial charge on any atom is -0.756 e. The molecule has 0 aromatic heterocycles. The quantitative estimate of drug-likeness (QED) is 0.0272. The van der Waals surface area contributed by atoms with Crippen LogP contribution in [0.2, 0.25) is 0 Å². The molecule has 3 atom stereocenters. The van der Waals surface area contributed by atoms with E-state index in [4.69, 9.17) is 9.05 Å². The monoisotopic (exact) mass is 909 g/mol. The van der Waals surface area contributed by atoms with Gasteiger partial charge < -0.3 is 28.8 Å². The van der Waals surface area contributed by atoms with Crippen molar-refractivity contribution in [2.24, 2.45) is 0 Å². The Labute approximate surface area is 391 Å². The van der Waals surface area contributed by atoms with Crippen LogP contribution in [0.5, 0.6) is 0 Å². The fourth-order valence-electron chi connectivity index (χ4n) is 7.87. The van der Waals surface area contributed by atoms with Crippen molar-refractivity contribution in [3.05, 3.63) is 36.5 Å². The van der Waals surface area contributed by atoms with Crippen molar-refractivity contribution in [3.8, 4) is 0 Å². The molecular formula is C54H105N2O6P. The summed E-state index contributed by atoms with van der Waals surface area (Å²) in [6.45, 7) is 4.59. The molecule has 0 aliphatic heterocycles. The number of phosphoric ester groups is 1. The van der Waals surface area contributed by atoms with Gasteiger partial charge in [-0.1, -0.05) is 230 Å². The van der Waals surface area contributed by atoms with E-state index < -0.39 is 20.0 Å². The zero-order valence-electron chi connectivity index (χ0n) is 42.3. The van der Waals surface area contributed by atoms with Crippen molar-refractivity contribution < 1.29 is 32.9 Å². The largest absolute Gasteiger partial charge is 0.756 e. The molecule has 0 heterocycles. The second-order valence-electron chi connectivity index (χ2n) is 19.6. The van der Waals surface area contributed by atoms with Crippen LogP contribution in [0.25, 0.3) is 0 Å². The zero-order valence-corrected chi connectivity index (χ0v) is 43.2. The summed E-state index contributed by atoms with van der Waals surface area (Å²) in [4.78, 5) is 25.1. The van der Waals surface area contributed by atoms with E-state index in [-0.39, 0.29) is 19.1 Å². The zero-order chi connectivity index (χ0) is 46.4. The summed E-state index contributed by atoms with van der Waals surface area (Å²) in [5.41, 5.74) is 0. The van der Waals surface area contributed by atoms with Crippen LogP contribution in [0.15, 0.2) is 36.5 Å². The highest BCUT2D eigenvalue weighted by Crippen LogP contribution is 2.38. The van der Waals surface area contributed by atoms with E-state index in [1.54, 1.807) is 0 Å². The number of carbonyl (C=O) groups excluding carboxylic acids is 1. The first-order valence-corrected chi connectivity index (χ1v) is 28.3. The normalized spacial score (nSPS) is 14.3. The summed E-state index contributed by atoms with van der Waals surface area (Å²) in [6, 6.07) is -0.794. The second-order valence-corrected chi connectivity index (χ2v) is 21.0. The van der Waals surface area contributed by atoms with Crippen molar-refractivity contribution in [1.82, 2.24) is 5.32 Å². The first-order chi connectivity index (χ1) is 30.5. The molecule has 372 valence electrons. The van der Waals surface area contributed by atoms with Crippen LogP contribution >= 0.6 is 7.82 Å². The predicted molar refractivity (Wildman–Crippen MR) is 270 cm³/mol. The lowest BCUT2D eigenvalue weighted by Crippen LogP contribution is -2.46. The SMILES string of the molecule is CCCCCCC/C=C\C/C=C\C/C=C\CCCCCCCCCCCCCCCCCCCCCCCCC(=O)NC(COP(=O)([O-])OCC[N+](C)(C)C)C(O)CCCCCC. The first-order valence-electron chi connectivity index (χ1n) is 26.8. The van der Waals surface area contributed by atoms with Gasteiger partial charge >= 0.3 is 0 Å². The Balaban J connectivity index is 3.68. The highest BCUT2D eigenvalue weighted by molar-refractivity contribution is 7.45. The van der Waals surface area contributed by atoms with Crippen LogP contribution in [0.3, 0.4) is 0 Å². The lowest BCUT2D eigenvalue weighted by atomic mass is 10.0. The van der Waals surface area contributed by atoms with E-state index in [1.807, 2.05) is 21.1 Å². The molecule has 0 saturated carbocycles. The van der Waals surface area contributed by atoms with Crippen molar-refractivity contribution in [2.75, 3.05) is 40.9 Å². The van der Waals surface area contributed by atoms with Crippen LogP contribution in [0.4, 0.5) is 0 Å². The van der Waals surface area contributed by atoms with Gasteiger partial charge in [-0.25, -0.2) is 0 Å². The number of carbonyl (C=O) groups is 1. The Bertz CT molecular complexity index is 1120. The number of allylic oxidation sites excluding steroid dienone is 6. The maximum Gasteiger partial charge on any atom is 0.268 e. The van der Waals surface area contributed by atoms with Gasteiger partial charge in [-0.15, -0.1) is 0 Å². The number of unbranched alkanes of at least 4 members (excludes halogenated alkanes) is 30. The minimum absolute atomic E-state index is 0.0122. The number of aliphatic hydroxyl groups excluding tert-OH is 1. The minimum atomic E-state index is -4.54. The molecule has 1 amide bonds. The van der Waals surface area contributed by atoms with Gasteiger partial charge in [0.15, 0.2) is 0 Å². The summed E-state index contributed by atoms with van der Waals surface area (Å²) in [5.74, 6) is -0.171. The molecule has 0 rings (SSSR count). The number of hydrogen-bond acceptors (Lipinski definition) is 6. The molecule has 0 spiro atoms. The molecule has 0 aromatic carbocycles. The Morgan fingerprint density at radius 1 is 0.556 bits per heavy atom. The summed E-state index contributed by atoms with van der Waals surface area (Å²) < 4.78 is 23.0. The van der Waals surface area contributed by atoms with Gasteiger partial charge in [0.1, 0.15) is 13.2 Å². The van der Waals surface area contributed by atoms with Gasteiger partial charge in [0.05, 0.1) is 39.9 Å². The third-order valence-electron chi connectivity index (χ3n) is 12.1. The molecule has 0 aliphatic carbocycles. The molecule has 9 heteroatoms. The molecule has 0 saturated heterocycles. The summed E-state index contributed by atoms with van der Waals surface area (Å²) in [6.07, 6.45) is 58.4. The van der Waals surface area contributed by atoms with E-state index in [0.29, 0.717) is 23.9 Å². The number of nitrogens with one attached hydrogen (secondary N) is 1. The molecule has 0 aliphatic rings. The highest BCUT2D eigenvalue weighted by Gasteiger charge is 2.24. The van der Waals surface area contributed by atoms with Gasteiger partial charge in [-0.3, -0.25) is 9.36 Å². The number of nitrogens with zero attached hydrogens (tertiary/aromatic N) is 1. The molecule has 0 radical (unpaired) electrons. The average molecular weight is 909 g/mol. The molecule has 3 unspecified atom stereocenters. The van der Waals surface area contributed by atoms with Crippen LogP contribution in [-0.4, -0.2) is 68.5 Å². The Morgan fingerprint density at radius 2 is 0.921 bits per heavy atom. The van der Waals surface area contributed by atoms with Crippen LogP contribution in [0, 0.1) is 0 Å². The van der Waals surface area contributed by atoms with E-state index in [0.717, 1.165) is 57.8 Å². The molecule has 8 nitrogen and oxygen atoms in total. The Morgan fingerprint density at radius 3 is 1.33 bits per heavy atom. The number of phosphoric acid groups is 1. The van der Waals surface area contributed by atoms with Crippen LogP contribution in [0.1, 0.15) is 251 Å². The van der Waals surface area contributed by atoms with Gasteiger partial charge in [0.2, 0.25) is 5.91 Å². The van der Waals surface area contributed by atoms with E-state index in [9.17, 15) is 19.4 Å².